The smallest absolute Gasteiger partial charge is 0.144 e. The van der Waals surface area contributed by atoms with Gasteiger partial charge in [-0.05, 0) is 32.0 Å². The molecule has 3 nitrogen and oxygen atoms in total. The molecular formula is C13H17NO2. The van der Waals surface area contributed by atoms with Crippen molar-refractivity contribution in [2.45, 2.75) is 26.3 Å². The first kappa shape index (κ1) is 12.6. The summed E-state index contributed by atoms with van der Waals surface area (Å²) in [5, 5.41) is 3.04. The van der Waals surface area contributed by atoms with Gasteiger partial charge >= 0.3 is 0 Å². The Morgan fingerprint density at radius 1 is 1.25 bits per heavy atom. The normalized spacial score (nSPS) is 10.5. The number of carbonyl (C=O) groups excluding carboxylic acids is 2. The van der Waals surface area contributed by atoms with Crippen molar-refractivity contribution in [2.24, 2.45) is 0 Å². The van der Waals surface area contributed by atoms with E-state index in [-0.39, 0.29) is 11.6 Å². The molecule has 86 valence electrons. The van der Waals surface area contributed by atoms with E-state index in [4.69, 9.17) is 0 Å². The zero-order chi connectivity index (χ0) is 12.1. The van der Waals surface area contributed by atoms with Gasteiger partial charge in [0.1, 0.15) is 17.5 Å². The van der Waals surface area contributed by atoms with Crippen molar-refractivity contribution in [3.8, 4) is 0 Å². The highest BCUT2D eigenvalue weighted by atomic mass is 16.1. The molecule has 0 aliphatic rings. The van der Waals surface area contributed by atoms with Gasteiger partial charge in [-0.15, -0.1) is 0 Å². The van der Waals surface area contributed by atoms with Crippen molar-refractivity contribution in [3.63, 3.8) is 0 Å². The summed E-state index contributed by atoms with van der Waals surface area (Å²) < 4.78 is 0. The number of benzene rings is 1. The molecule has 0 saturated carbocycles. The second-order valence-corrected chi connectivity index (χ2v) is 3.93. The number of rotatable bonds is 5. The van der Waals surface area contributed by atoms with Crippen LogP contribution in [0.25, 0.3) is 0 Å². The van der Waals surface area contributed by atoms with E-state index in [2.05, 4.69) is 5.32 Å². The minimum atomic E-state index is -0.614. The van der Waals surface area contributed by atoms with Crippen LogP contribution in [-0.2, 0) is 16.1 Å². The molecule has 0 aliphatic heterocycles. The van der Waals surface area contributed by atoms with E-state index in [0.717, 1.165) is 17.7 Å². The fourth-order valence-electron chi connectivity index (χ4n) is 1.84. The number of Topliss-reactive ketones (excluding diaryl/α,β-unsaturated/α-hetero) is 2. The molecule has 0 fully saturated rings. The van der Waals surface area contributed by atoms with Crippen molar-refractivity contribution < 1.29 is 9.59 Å². The number of hydrogen-bond acceptors (Lipinski definition) is 3. The van der Waals surface area contributed by atoms with Gasteiger partial charge in [0.25, 0.3) is 0 Å². The minimum absolute atomic E-state index is 0.103. The van der Waals surface area contributed by atoms with E-state index in [1.165, 1.54) is 13.8 Å². The molecule has 1 aromatic carbocycles. The second-order valence-electron chi connectivity index (χ2n) is 3.93. The van der Waals surface area contributed by atoms with Gasteiger partial charge in [0, 0.05) is 6.54 Å². The van der Waals surface area contributed by atoms with Crippen LogP contribution in [0.15, 0.2) is 24.3 Å². The van der Waals surface area contributed by atoms with Crippen molar-refractivity contribution in [1.29, 1.82) is 0 Å². The highest BCUT2D eigenvalue weighted by molar-refractivity contribution is 6.05. The topological polar surface area (TPSA) is 46.2 Å². The molecule has 0 amide bonds. The molecule has 1 aromatic rings. The summed E-state index contributed by atoms with van der Waals surface area (Å²) >= 11 is 0. The predicted molar refractivity (Wildman–Crippen MR) is 63.3 cm³/mol. The Labute approximate surface area is 95.9 Å². The van der Waals surface area contributed by atoms with Gasteiger partial charge < -0.3 is 5.32 Å². The molecule has 0 radical (unpaired) electrons. The number of nitrogens with one attached hydrogen (secondary N) is 1. The van der Waals surface area contributed by atoms with Gasteiger partial charge in [0.2, 0.25) is 0 Å². The maximum Gasteiger partial charge on any atom is 0.144 e. The summed E-state index contributed by atoms with van der Waals surface area (Å²) in [4.78, 5) is 22.8. The standard InChI is InChI=1S/C13H17NO2/c1-9(15)13(10(2)16)12-6-4-5-11(7-12)8-14-3/h4-7,13-14H,8H2,1-3H3. The highest BCUT2D eigenvalue weighted by Crippen LogP contribution is 2.19. The zero-order valence-corrected chi connectivity index (χ0v) is 9.91. The van der Waals surface area contributed by atoms with Gasteiger partial charge in [0.05, 0.1) is 0 Å². The predicted octanol–water partition coefficient (Wildman–Crippen LogP) is 1.67. The van der Waals surface area contributed by atoms with E-state index in [0.29, 0.717) is 0 Å². The average molecular weight is 219 g/mol. The lowest BCUT2D eigenvalue weighted by Gasteiger charge is -2.12. The quantitative estimate of drug-likeness (QED) is 0.766. The van der Waals surface area contributed by atoms with Gasteiger partial charge in [0.15, 0.2) is 0 Å². The van der Waals surface area contributed by atoms with Crippen LogP contribution in [0.4, 0.5) is 0 Å². The number of carbonyl (C=O) groups is 2. The Hall–Kier alpha value is -1.48. The largest absolute Gasteiger partial charge is 0.316 e. The molecule has 0 spiro atoms. The molecule has 0 heterocycles. The van der Waals surface area contributed by atoms with E-state index in [1.54, 1.807) is 0 Å². The molecule has 0 atom stereocenters. The van der Waals surface area contributed by atoms with Crippen LogP contribution in [0, 0.1) is 0 Å². The van der Waals surface area contributed by atoms with Crippen LogP contribution in [-0.4, -0.2) is 18.6 Å². The third-order valence-corrected chi connectivity index (χ3v) is 2.48. The molecule has 0 bridgehead atoms. The number of hydrogen-bond donors (Lipinski definition) is 1. The van der Waals surface area contributed by atoms with Crippen LogP contribution >= 0.6 is 0 Å². The first-order valence-electron chi connectivity index (χ1n) is 5.30. The van der Waals surface area contributed by atoms with E-state index in [1.807, 2.05) is 31.3 Å². The first-order chi connectivity index (χ1) is 7.56. The summed E-state index contributed by atoms with van der Waals surface area (Å²) in [5.41, 5.74) is 1.86. The second kappa shape index (κ2) is 5.56. The van der Waals surface area contributed by atoms with Crippen molar-refractivity contribution in [3.05, 3.63) is 35.4 Å². The van der Waals surface area contributed by atoms with Crippen LogP contribution in [0.5, 0.6) is 0 Å². The third-order valence-electron chi connectivity index (χ3n) is 2.48. The summed E-state index contributed by atoms with van der Waals surface area (Å²) in [6.45, 7) is 3.64. The summed E-state index contributed by atoms with van der Waals surface area (Å²) in [6.07, 6.45) is 0. The van der Waals surface area contributed by atoms with E-state index < -0.39 is 5.92 Å². The molecule has 1 N–H and O–H groups in total. The molecule has 1 rings (SSSR count). The van der Waals surface area contributed by atoms with Crippen LogP contribution in [0.3, 0.4) is 0 Å². The molecular weight excluding hydrogens is 202 g/mol. The molecule has 0 saturated heterocycles. The Balaban J connectivity index is 3.05. The first-order valence-corrected chi connectivity index (χ1v) is 5.30. The molecule has 16 heavy (non-hydrogen) atoms. The highest BCUT2D eigenvalue weighted by Gasteiger charge is 2.21. The molecule has 0 aromatic heterocycles. The number of ketones is 2. The van der Waals surface area contributed by atoms with Crippen molar-refractivity contribution in [1.82, 2.24) is 5.32 Å². The Morgan fingerprint density at radius 2 is 1.88 bits per heavy atom. The maximum absolute atomic E-state index is 11.4. The fourth-order valence-corrected chi connectivity index (χ4v) is 1.84. The summed E-state index contributed by atoms with van der Waals surface area (Å²) in [6, 6.07) is 7.58. The monoisotopic (exact) mass is 219 g/mol. The Kier molecular flexibility index (Phi) is 4.38. The van der Waals surface area contributed by atoms with Crippen LogP contribution < -0.4 is 5.32 Å². The van der Waals surface area contributed by atoms with Gasteiger partial charge in [-0.25, -0.2) is 0 Å². The van der Waals surface area contributed by atoms with Gasteiger partial charge in [-0.3, -0.25) is 9.59 Å². The lowest BCUT2D eigenvalue weighted by molar-refractivity contribution is -0.126. The Morgan fingerprint density at radius 3 is 2.38 bits per heavy atom. The van der Waals surface area contributed by atoms with E-state index >= 15 is 0 Å². The fraction of sp³-hybridized carbons (Fsp3) is 0.385. The Bertz CT molecular complexity index is 385. The van der Waals surface area contributed by atoms with Crippen LogP contribution in [0.1, 0.15) is 30.9 Å². The average Bonchev–Trinajstić information content (AvgIpc) is 2.17. The van der Waals surface area contributed by atoms with Crippen molar-refractivity contribution >= 4 is 11.6 Å². The minimum Gasteiger partial charge on any atom is -0.316 e. The zero-order valence-electron chi connectivity index (χ0n) is 9.91. The van der Waals surface area contributed by atoms with Gasteiger partial charge in [-0.2, -0.15) is 0 Å². The van der Waals surface area contributed by atoms with Gasteiger partial charge in [-0.1, -0.05) is 24.3 Å². The van der Waals surface area contributed by atoms with E-state index in [9.17, 15) is 9.59 Å². The molecule has 0 aliphatic carbocycles. The summed E-state index contributed by atoms with van der Waals surface area (Å²) in [7, 11) is 1.86. The third kappa shape index (κ3) is 3.00. The lowest BCUT2D eigenvalue weighted by atomic mass is 9.91. The summed E-state index contributed by atoms with van der Waals surface area (Å²) in [5.74, 6) is -0.819. The maximum atomic E-state index is 11.4. The lowest BCUT2D eigenvalue weighted by Crippen LogP contribution is -2.17. The molecule has 0 unspecified atom stereocenters. The molecule has 3 heteroatoms. The SMILES string of the molecule is CNCc1cccc(C(C(C)=O)C(C)=O)c1. The van der Waals surface area contributed by atoms with Crippen molar-refractivity contribution in [2.75, 3.05) is 7.05 Å². The van der Waals surface area contributed by atoms with Crippen LogP contribution in [0.2, 0.25) is 0 Å².